The van der Waals surface area contributed by atoms with E-state index in [9.17, 15) is 19.2 Å². The molecule has 0 aromatic carbocycles. The molecule has 13 nitrogen and oxygen atoms in total. The first-order valence-electron chi connectivity index (χ1n) is 11.2. The highest BCUT2D eigenvalue weighted by atomic mass is 16.2. The van der Waals surface area contributed by atoms with Gasteiger partial charge in [0.1, 0.15) is 18.1 Å². The minimum atomic E-state index is -0.948. The SMILES string of the molecule is CC(=O)N[C@@H](CCCCN)C(=O)N[C@@H](CCCCN)C(=O)N[C@@H](CCCN=C(N)N)C(N)=O. The molecule has 0 aromatic rings. The van der Waals surface area contributed by atoms with Gasteiger partial charge in [-0.25, -0.2) is 0 Å². The van der Waals surface area contributed by atoms with E-state index in [0.717, 1.165) is 0 Å². The van der Waals surface area contributed by atoms with Crippen LogP contribution in [0.25, 0.3) is 0 Å². The van der Waals surface area contributed by atoms with Crippen molar-refractivity contribution in [1.29, 1.82) is 0 Å². The zero-order valence-corrected chi connectivity index (χ0v) is 19.5. The fourth-order valence-corrected chi connectivity index (χ4v) is 3.10. The second kappa shape index (κ2) is 17.6. The molecule has 0 heterocycles. The number of amides is 4. The van der Waals surface area contributed by atoms with E-state index in [0.29, 0.717) is 58.0 Å². The van der Waals surface area contributed by atoms with Crippen molar-refractivity contribution in [2.45, 2.75) is 76.4 Å². The maximum atomic E-state index is 12.9. The standard InChI is InChI=1S/C20H41N9O4/c1-13(30)27-15(7-2-4-10-21)18(32)29-16(8-3-5-11-22)19(33)28-14(17(23)31)9-6-12-26-20(24)25/h14-16H,2-12,21-22H2,1H3,(H2,23,31)(H,27,30)(H,28,33)(H,29,32)(H4,24,25,26)/t14-,15-,16-/m0/s1. The van der Waals surface area contributed by atoms with Gasteiger partial charge in [-0.15, -0.1) is 0 Å². The Kier molecular flexibility index (Phi) is 16.0. The predicted octanol–water partition coefficient (Wildman–Crippen LogP) is -2.74. The van der Waals surface area contributed by atoms with Gasteiger partial charge in [0.05, 0.1) is 0 Å². The minimum Gasteiger partial charge on any atom is -0.370 e. The summed E-state index contributed by atoms with van der Waals surface area (Å²) in [6.45, 7) is 2.50. The number of nitrogens with two attached hydrogens (primary N) is 5. The summed E-state index contributed by atoms with van der Waals surface area (Å²) in [5.41, 5.74) is 27.0. The summed E-state index contributed by atoms with van der Waals surface area (Å²) in [7, 11) is 0. The third kappa shape index (κ3) is 14.7. The summed E-state index contributed by atoms with van der Waals surface area (Å²) in [6, 6.07) is -2.67. The number of aliphatic imine (C=N–C) groups is 1. The molecular formula is C20H41N9O4. The number of nitrogens with one attached hydrogen (secondary N) is 3. The van der Waals surface area contributed by atoms with Gasteiger partial charge in [0.25, 0.3) is 0 Å². The summed E-state index contributed by atoms with van der Waals surface area (Å²) in [4.78, 5) is 52.9. The molecule has 0 aliphatic carbocycles. The largest absolute Gasteiger partial charge is 0.370 e. The highest BCUT2D eigenvalue weighted by molar-refractivity contribution is 5.93. The minimum absolute atomic E-state index is 0.0717. The molecule has 4 amide bonds. The molecule has 0 fully saturated rings. The van der Waals surface area contributed by atoms with Crippen molar-refractivity contribution in [2.24, 2.45) is 33.7 Å². The third-order valence-corrected chi connectivity index (χ3v) is 4.83. The van der Waals surface area contributed by atoms with Gasteiger partial charge in [-0.3, -0.25) is 24.2 Å². The Balaban J connectivity index is 5.24. The molecule has 0 spiro atoms. The second-order valence-electron chi connectivity index (χ2n) is 7.80. The Labute approximate surface area is 195 Å². The van der Waals surface area contributed by atoms with Crippen LogP contribution in [0.3, 0.4) is 0 Å². The van der Waals surface area contributed by atoms with Crippen LogP contribution in [0.5, 0.6) is 0 Å². The molecule has 0 bridgehead atoms. The Morgan fingerprint density at radius 3 is 1.58 bits per heavy atom. The van der Waals surface area contributed by atoms with Gasteiger partial charge < -0.3 is 44.6 Å². The number of unbranched alkanes of at least 4 members (excludes halogenated alkanes) is 2. The number of hydrogen-bond acceptors (Lipinski definition) is 7. The van der Waals surface area contributed by atoms with Crippen LogP contribution in [-0.2, 0) is 19.2 Å². The molecule has 0 radical (unpaired) electrons. The molecule has 0 aliphatic heterocycles. The lowest BCUT2D eigenvalue weighted by Crippen LogP contribution is -2.56. The molecule has 33 heavy (non-hydrogen) atoms. The van der Waals surface area contributed by atoms with Crippen molar-refractivity contribution >= 4 is 29.6 Å². The van der Waals surface area contributed by atoms with Gasteiger partial charge in [0.2, 0.25) is 23.6 Å². The molecule has 0 aromatic heterocycles. The number of rotatable bonds is 18. The molecule has 0 aliphatic rings. The molecule has 0 unspecified atom stereocenters. The van der Waals surface area contributed by atoms with Gasteiger partial charge in [0, 0.05) is 13.5 Å². The van der Waals surface area contributed by atoms with Crippen LogP contribution in [0.1, 0.15) is 58.3 Å². The van der Waals surface area contributed by atoms with E-state index in [2.05, 4.69) is 20.9 Å². The van der Waals surface area contributed by atoms with Crippen LogP contribution in [0.2, 0.25) is 0 Å². The van der Waals surface area contributed by atoms with Crippen LogP contribution in [-0.4, -0.2) is 67.3 Å². The van der Waals surface area contributed by atoms with Crippen molar-refractivity contribution in [3.63, 3.8) is 0 Å². The monoisotopic (exact) mass is 471 g/mol. The summed E-state index contributed by atoms with van der Waals surface area (Å²) < 4.78 is 0. The van der Waals surface area contributed by atoms with Crippen LogP contribution in [0.4, 0.5) is 0 Å². The Hall–Kier alpha value is -2.93. The van der Waals surface area contributed by atoms with E-state index in [1.807, 2.05) is 0 Å². The van der Waals surface area contributed by atoms with Crippen LogP contribution >= 0.6 is 0 Å². The van der Waals surface area contributed by atoms with E-state index in [4.69, 9.17) is 28.7 Å². The first-order chi connectivity index (χ1) is 15.6. The van der Waals surface area contributed by atoms with Crippen LogP contribution in [0.15, 0.2) is 4.99 Å². The van der Waals surface area contributed by atoms with Crippen molar-refractivity contribution in [3.05, 3.63) is 0 Å². The lowest BCUT2D eigenvalue weighted by molar-refractivity contribution is -0.133. The van der Waals surface area contributed by atoms with E-state index < -0.39 is 35.8 Å². The number of nitrogens with zero attached hydrogens (tertiary/aromatic N) is 1. The van der Waals surface area contributed by atoms with Gasteiger partial charge in [-0.1, -0.05) is 0 Å². The lowest BCUT2D eigenvalue weighted by Gasteiger charge is -2.24. The quantitative estimate of drug-likeness (QED) is 0.0590. The van der Waals surface area contributed by atoms with Crippen LogP contribution in [0, 0.1) is 0 Å². The van der Waals surface area contributed by atoms with E-state index in [-0.39, 0.29) is 24.8 Å². The molecular weight excluding hydrogens is 430 g/mol. The average molecular weight is 472 g/mol. The Morgan fingerprint density at radius 1 is 0.697 bits per heavy atom. The fraction of sp³-hybridized carbons (Fsp3) is 0.750. The molecule has 190 valence electrons. The van der Waals surface area contributed by atoms with E-state index >= 15 is 0 Å². The van der Waals surface area contributed by atoms with Gasteiger partial charge >= 0.3 is 0 Å². The molecule has 3 atom stereocenters. The van der Waals surface area contributed by atoms with E-state index in [1.165, 1.54) is 6.92 Å². The van der Waals surface area contributed by atoms with Crippen LogP contribution < -0.4 is 44.6 Å². The lowest BCUT2D eigenvalue weighted by atomic mass is 10.0. The normalized spacial score (nSPS) is 13.3. The second-order valence-corrected chi connectivity index (χ2v) is 7.80. The first-order valence-corrected chi connectivity index (χ1v) is 11.2. The Bertz CT molecular complexity index is 653. The number of carbonyl (C=O) groups is 4. The molecule has 0 saturated carbocycles. The highest BCUT2D eigenvalue weighted by Crippen LogP contribution is 2.07. The van der Waals surface area contributed by atoms with Gasteiger partial charge in [-0.05, 0) is 64.5 Å². The predicted molar refractivity (Wildman–Crippen MR) is 126 cm³/mol. The summed E-state index contributed by atoms with van der Waals surface area (Å²) in [5.74, 6) is -2.18. The number of primary amides is 1. The van der Waals surface area contributed by atoms with E-state index in [1.54, 1.807) is 0 Å². The number of hydrogen-bond donors (Lipinski definition) is 8. The van der Waals surface area contributed by atoms with Crippen molar-refractivity contribution in [2.75, 3.05) is 19.6 Å². The zero-order chi connectivity index (χ0) is 25.2. The molecule has 13 heteroatoms. The smallest absolute Gasteiger partial charge is 0.243 e. The zero-order valence-electron chi connectivity index (χ0n) is 19.5. The molecule has 13 N–H and O–H groups in total. The van der Waals surface area contributed by atoms with Gasteiger partial charge in [0.15, 0.2) is 5.96 Å². The fourth-order valence-electron chi connectivity index (χ4n) is 3.10. The maximum absolute atomic E-state index is 12.9. The average Bonchev–Trinajstić information content (AvgIpc) is 2.73. The summed E-state index contributed by atoms with van der Waals surface area (Å²) in [6.07, 6.45) is 3.92. The molecule has 0 saturated heterocycles. The number of carbonyl (C=O) groups excluding carboxylic acids is 4. The summed E-state index contributed by atoms with van der Waals surface area (Å²) in [5, 5.41) is 7.89. The highest BCUT2D eigenvalue weighted by Gasteiger charge is 2.28. The molecule has 0 rings (SSSR count). The maximum Gasteiger partial charge on any atom is 0.243 e. The third-order valence-electron chi connectivity index (χ3n) is 4.83. The topological polar surface area (TPSA) is 247 Å². The van der Waals surface area contributed by atoms with Crippen molar-refractivity contribution < 1.29 is 19.2 Å². The van der Waals surface area contributed by atoms with Gasteiger partial charge in [-0.2, -0.15) is 0 Å². The number of guanidine groups is 1. The first kappa shape index (κ1) is 30.1. The van der Waals surface area contributed by atoms with Crippen molar-refractivity contribution in [3.8, 4) is 0 Å². The van der Waals surface area contributed by atoms with Crippen molar-refractivity contribution in [1.82, 2.24) is 16.0 Å². The summed E-state index contributed by atoms with van der Waals surface area (Å²) >= 11 is 0. The Morgan fingerprint density at radius 2 is 1.15 bits per heavy atom.